The van der Waals surface area contributed by atoms with Crippen molar-refractivity contribution < 1.29 is 9.21 Å². The van der Waals surface area contributed by atoms with Gasteiger partial charge in [-0.15, -0.1) is 11.3 Å². The molecule has 1 amide bonds. The number of thiazole rings is 1. The van der Waals surface area contributed by atoms with Gasteiger partial charge < -0.3 is 4.42 Å². The summed E-state index contributed by atoms with van der Waals surface area (Å²) < 4.78 is 5.59. The molecule has 1 aromatic carbocycles. The molecule has 0 fully saturated rings. The van der Waals surface area contributed by atoms with Gasteiger partial charge >= 0.3 is 0 Å². The highest BCUT2D eigenvalue weighted by molar-refractivity contribution is 7.98. The van der Waals surface area contributed by atoms with E-state index in [9.17, 15) is 4.79 Å². The van der Waals surface area contributed by atoms with Crippen LogP contribution in [0.4, 0.5) is 10.8 Å². The minimum Gasteiger partial charge on any atom is -0.437 e. The van der Waals surface area contributed by atoms with Crippen molar-refractivity contribution in [3.05, 3.63) is 52.4 Å². The van der Waals surface area contributed by atoms with Gasteiger partial charge in [-0.1, -0.05) is 36.9 Å². The molecule has 0 unspecified atom stereocenters. The van der Waals surface area contributed by atoms with Crippen molar-refractivity contribution in [3.63, 3.8) is 0 Å². The fraction of sp³-hybridized carbons (Fsp3) is 0.316. The van der Waals surface area contributed by atoms with E-state index >= 15 is 0 Å². The Balaban J connectivity index is 1.80. The number of hydrogen-bond acceptors (Lipinski definition) is 6. The van der Waals surface area contributed by atoms with Gasteiger partial charge in [0, 0.05) is 18.1 Å². The van der Waals surface area contributed by atoms with Crippen LogP contribution in [0.15, 0.2) is 39.3 Å². The Labute approximate surface area is 161 Å². The van der Waals surface area contributed by atoms with E-state index < -0.39 is 0 Å². The Morgan fingerprint density at radius 1 is 1.27 bits per heavy atom. The van der Waals surface area contributed by atoms with Crippen molar-refractivity contribution in [2.75, 3.05) is 4.90 Å². The summed E-state index contributed by atoms with van der Waals surface area (Å²) in [6.07, 6.45) is 0.858. The number of oxazole rings is 1. The maximum atomic E-state index is 12.3. The molecule has 2 aromatic heterocycles. The van der Waals surface area contributed by atoms with E-state index in [0.717, 1.165) is 34.8 Å². The Hall–Kier alpha value is -2.12. The molecule has 5 nitrogen and oxygen atoms in total. The zero-order valence-corrected chi connectivity index (χ0v) is 16.9. The van der Waals surface area contributed by atoms with Gasteiger partial charge in [-0.05, 0) is 31.9 Å². The van der Waals surface area contributed by atoms with E-state index in [1.165, 1.54) is 23.1 Å². The van der Waals surface area contributed by atoms with E-state index in [1.807, 2.05) is 43.5 Å². The zero-order valence-electron chi connectivity index (χ0n) is 15.3. The van der Waals surface area contributed by atoms with Crippen LogP contribution in [-0.2, 0) is 17.0 Å². The number of hydrogen-bond donors (Lipinski definition) is 0. The number of aromatic nitrogens is 2. The summed E-state index contributed by atoms with van der Waals surface area (Å²) >= 11 is 2.98. The second-order valence-corrected chi connectivity index (χ2v) is 7.63. The molecule has 0 aliphatic heterocycles. The van der Waals surface area contributed by atoms with E-state index in [-0.39, 0.29) is 5.91 Å². The van der Waals surface area contributed by atoms with Gasteiger partial charge in [0.05, 0.1) is 17.1 Å². The first-order chi connectivity index (χ1) is 12.5. The summed E-state index contributed by atoms with van der Waals surface area (Å²) in [5, 5.41) is 3.32. The standard InChI is InChI=1S/C19H21N3O2S2/c1-5-15-8-6-7-9-17(15)22(14(4)23)18-21-16(10-25-18)11-26-19-20-12(2)13(3)24-19/h6-10H,5,11H2,1-4H3. The monoisotopic (exact) mass is 387 g/mol. The van der Waals surface area contributed by atoms with E-state index in [0.29, 0.717) is 16.1 Å². The smallest absolute Gasteiger partial charge is 0.256 e. The normalized spacial score (nSPS) is 10.9. The van der Waals surface area contributed by atoms with Gasteiger partial charge in [0.1, 0.15) is 5.76 Å². The summed E-state index contributed by atoms with van der Waals surface area (Å²) in [5.74, 6) is 1.45. The number of anilines is 2. The molecular weight excluding hydrogens is 366 g/mol. The third-order valence-electron chi connectivity index (χ3n) is 4.01. The lowest BCUT2D eigenvalue weighted by Gasteiger charge is -2.20. The predicted molar refractivity (Wildman–Crippen MR) is 106 cm³/mol. The van der Waals surface area contributed by atoms with Crippen molar-refractivity contribution in [2.24, 2.45) is 0 Å². The van der Waals surface area contributed by atoms with Crippen LogP contribution in [0.5, 0.6) is 0 Å². The molecule has 0 saturated carbocycles. The molecule has 136 valence electrons. The van der Waals surface area contributed by atoms with Crippen LogP contribution in [0.3, 0.4) is 0 Å². The fourth-order valence-electron chi connectivity index (χ4n) is 2.54. The first kappa shape index (κ1) is 18.7. The van der Waals surface area contributed by atoms with Crippen LogP contribution in [0.25, 0.3) is 0 Å². The minimum atomic E-state index is -0.0431. The van der Waals surface area contributed by atoms with E-state index in [4.69, 9.17) is 4.42 Å². The summed E-state index contributed by atoms with van der Waals surface area (Å²) in [5.41, 5.74) is 3.84. The van der Waals surface area contributed by atoms with Gasteiger partial charge in [0.25, 0.3) is 5.22 Å². The molecule has 3 rings (SSSR count). The van der Waals surface area contributed by atoms with Crippen molar-refractivity contribution in [1.82, 2.24) is 9.97 Å². The number of para-hydroxylation sites is 1. The summed E-state index contributed by atoms with van der Waals surface area (Å²) in [7, 11) is 0. The number of rotatable bonds is 6. The molecule has 0 aliphatic rings. The van der Waals surface area contributed by atoms with E-state index in [2.05, 4.69) is 16.9 Å². The highest BCUT2D eigenvalue weighted by Crippen LogP contribution is 2.33. The average molecular weight is 388 g/mol. The summed E-state index contributed by atoms with van der Waals surface area (Å²) in [6, 6.07) is 7.95. The number of thioether (sulfide) groups is 1. The Morgan fingerprint density at radius 3 is 2.69 bits per heavy atom. The van der Waals surface area contributed by atoms with Gasteiger partial charge in [0.15, 0.2) is 5.13 Å². The Bertz CT molecular complexity index is 898. The molecule has 0 N–H and O–H groups in total. The number of carbonyl (C=O) groups excluding carboxylic acids is 1. The Morgan fingerprint density at radius 2 is 2.04 bits per heavy atom. The van der Waals surface area contributed by atoms with Crippen LogP contribution in [0.2, 0.25) is 0 Å². The largest absolute Gasteiger partial charge is 0.437 e. The molecule has 0 saturated heterocycles. The lowest BCUT2D eigenvalue weighted by Crippen LogP contribution is -2.23. The highest BCUT2D eigenvalue weighted by Gasteiger charge is 2.20. The predicted octanol–water partition coefficient (Wildman–Crippen LogP) is 5.29. The zero-order chi connectivity index (χ0) is 18.7. The van der Waals surface area contributed by atoms with Crippen LogP contribution < -0.4 is 4.90 Å². The van der Waals surface area contributed by atoms with Gasteiger partial charge in [-0.3, -0.25) is 9.69 Å². The third kappa shape index (κ3) is 3.99. The maximum Gasteiger partial charge on any atom is 0.256 e. The number of carbonyl (C=O) groups is 1. The molecule has 0 spiro atoms. The van der Waals surface area contributed by atoms with Gasteiger partial charge in [0.2, 0.25) is 5.91 Å². The summed E-state index contributed by atoms with van der Waals surface area (Å²) in [6.45, 7) is 7.49. The second-order valence-electron chi connectivity index (χ2n) is 5.87. The molecule has 0 aliphatic carbocycles. The molecule has 0 atom stereocenters. The quantitative estimate of drug-likeness (QED) is 0.538. The molecule has 7 heteroatoms. The van der Waals surface area contributed by atoms with Crippen LogP contribution >= 0.6 is 23.1 Å². The molecular formula is C19H21N3O2S2. The SMILES string of the molecule is CCc1ccccc1N(C(C)=O)c1nc(CSc2nc(C)c(C)o2)cs1. The number of nitrogens with zero attached hydrogens (tertiary/aromatic N) is 3. The van der Waals surface area contributed by atoms with Gasteiger partial charge in [-0.2, -0.15) is 0 Å². The molecule has 3 aromatic rings. The molecule has 2 heterocycles. The van der Waals surface area contributed by atoms with Crippen molar-refractivity contribution in [1.29, 1.82) is 0 Å². The van der Waals surface area contributed by atoms with E-state index in [1.54, 1.807) is 11.8 Å². The molecule has 26 heavy (non-hydrogen) atoms. The lowest BCUT2D eigenvalue weighted by atomic mass is 10.1. The van der Waals surface area contributed by atoms with Crippen molar-refractivity contribution >= 4 is 39.8 Å². The molecule has 0 bridgehead atoms. The van der Waals surface area contributed by atoms with Crippen molar-refractivity contribution in [3.8, 4) is 0 Å². The summed E-state index contributed by atoms with van der Waals surface area (Å²) in [4.78, 5) is 23.0. The Kier molecular flexibility index (Phi) is 5.78. The average Bonchev–Trinajstić information content (AvgIpc) is 3.20. The van der Waals surface area contributed by atoms with Crippen LogP contribution in [0.1, 0.15) is 36.6 Å². The first-order valence-electron chi connectivity index (χ1n) is 8.39. The number of amides is 1. The lowest BCUT2D eigenvalue weighted by molar-refractivity contribution is -0.115. The second kappa shape index (κ2) is 8.05. The fourth-order valence-corrected chi connectivity index (χ4v) is 4.33. The topological polar surface area (TPSA) is 59.2 Å². The minimum absolute atomic E-state index is 0.0431. The highest BCUT2D eigenvalue weighted by atomic mass is 32.2. The third-order valence-corrected chi connectivity index (χ3v) is 5.75. The van der Waals surface area contributed by atoms with Crippen LogP contribution in [-0.4, -0.2) is 15.9 Å². The van der Waals surface area contributed by atoms with Crippen molar-refractivity contribution in [2.45, 2.75) is 45.1 Å². The van der Waals surface area contributed by atoms with Gasteiger partial charge in [-0.25, -0.2) is 9.97 Å². The van der Waals surface area contributed by atoms with Crippen LogP contribution in [0, 0.1) is 13.8 Å². The maximum absolute atomic E-state index is 12.3. The first-order valence-corrected chi connectivity index (χ1v) is 10.3. The molecule has 0 radical (unpaired) electrons. The number of benzene rings is 1. The number of aryl methyl sites for hydroxylation is 3.